The topological polar surface area (TPSA) is 142 Å². The number of halogens is 1. The number of carbonyl (C=O) groups is 3. The fraction of sp³-hybridized carbons (Fsp3) is 0.154. The molecular weight excluding hydrogens is 670 g/mol. The van der Waals surface area contributed by atoms with Crippen LogP contribution in [-0.4, -0.2) is 26.1 Å². The lowest BCUT2D eigenvalue weighted by Gasteiger charge is -2.26. The largest absolute Gasteiger partial charge is 0.352 e. The second-order valence-corrected chi connectivity index (χ2v) is 13.9. The standard InChI is InChI=1S/C39H36FN5O5S/c1-26-10-20-32(21-11-26)51(49,50)43-30-16-12-28(13-17-30)25-44-35-8-4-5-9-36(35)45(31-18-14-27(23-41)15-19-31)39(48)33(38(44)47)22-37(46)42-24-29-6-2-3-7-34(29)40/h2-21,33,43H,22-25,41H2,1H3,(H,42,46). The van der Waals surface area contributed by atoms with E-state index < -0.39 is 45.9 Å². The molecule has 0 radical (unpaired) electrons. The molecule has 4 N–H and O–H groups in total. The minimum absolute atomic E-state index is 0.0153. The molecule has 1 atom stereocenters. The number of nitrogens with one attached hydrogen (secondary N) is 2. The van der Waals surface area contributed by atoms with Crippen molar-refractivity contribution in [2.75, 3.05) is 14.5 Å². The van der Waals surface area contributed by atoms with Crippen LogP contribution < -0.4 is 25.6 Å². The molecule has 1 unspecified atom stereocenters. The summed E-state index contributed by atoms with van der Waals surface area (Å²) in [6.07, 6.45) is -0.478. The van der Waals surface area contributed by atoms with E-state index in [0.717, 1.165) is 11.1 Å². The number of rotatable bonds is 11. The van der Waals surface area contributed by atoms with Crippen LogP contribution in [-0.2, 0) is 44.0 Å². The van der Waals surface area contributed by atoms with Gasteiger partial charge < -0.3 is 16.0 Å². The number of aryl methyl sites for hydroxylation is 1. The van der Waals surface area contributed by atoms with E-state index >= 15 is 0 Å². The van der Waals surface area contributed by atoms with Gasteiger partial charge in [-0.3, -0.25) is 24.0 Å². The molecule has 0 spiro atoms. The third kappa shape index (κ3) is 7.82. The Morgan fingerprint density at radius 1 is 0.784 bits per heavy atom. The first-order valence-electron chi connectivity index (χ1n) is 16.3. The highest BCUT2D eigenvalue weighted by atomic mass is 32.2. The van der Waals surface area contributed by atoms with Crippen LogP contribution in [0.4, 0.5) is 27.1 Å². The maximum Gasteiger partial charge on any atom is 0.261 e. The highest BCUT2D eigenvalue weighted by Gasteiger charge is 2.42. The zero-order valence-corrected chi connectivity index (χ0v) is 28.6. The Morgan fingerprint density at radius 3 is 2.08 bits per heavy atom. The van der Waals surface area contributed by atoms with Gasteiger partial charge in [-0.25, -0.2) is 12.8 Å². The van der Waals surface area contributed by atoms with Crippen molar-refractivity contribution in [2.24, 2.45) is 11.7 Å². The van der Waals surface area contributed by atoms with Crippen LogP contribution in [0.2, 0.25) is 0 Å². The predicted octanol–water partition coefficient (Wildman–Crippen LogP) is 5.93. The van der Waals surface area contributed by atoms with Crippen LogP contribution in [0.15, 0.2) is 126 Å². The average molecular weight is 706 g/mol. The Kier molecular flexibility index (Phi) is 10.3. The molecule has 0 saturated heterocycles. The van der Waals surface area contributed by atoms with Crippen LogP contribution in [0, 0.1) is 18.7 Å². The molecule has 5 aromatic rings. The number of fused-ring (bicyclic) bond motifs is 1. The third-order valence-electron chi connectivity index (χ3n) is 8.63. The molecule has 260 valence electrons. The SMILES string of the molecule is Cc1ccc(S(=O)(=O)Nc2ccc(CN3C(=O)C(CC(=O)NCc4ccccc4F)C(=O)N(c4ccc(CN)cc4)c4ccccc43)cc2)cc1. The lowest BCUT2D eigenvalue weighted by Crippen LogP contribution is -2.43. The number of anilines is 4. The summed E-state index contributed by atoms with van der Waals surface area (Å²) in [7, 11) is -3.83. The van der Waals surface area contributed by atoms with Crippen molar-refractivity contribution < 1.29 is 27.2 Å². The van der Waals surface area contributed by atoms with Gasteiger partial charge in [0.15, 0.2) is 0 Å². The Labute approximate surface area is 295 Å². The van der Waals surface area contributed by atoms with Gasteiger partial charge in [-0.05, 0) is 72.6 Å². The number of amides is 3. The molecule has 6 rings (SSSR count). The molecule has 0 saturated carbocycles. The molecule has 1 heterocycles. The van der Waals surface area contributed by atoms with Gasteiger partial charge in [0.1, 0.15) is 11.7 Å². The number of nitrogens with zero attached hydrogens (tertiary/aromatic N) is 2. The second-order valence-electron chi connectivity index (χ2n) is 12.2. The first-order chi connectivity index (χ1) is 24.5. The number of benzene rings is 5. The molecule has 1 aliphatic rings. The monoisotopic (exact) mass is 705 g/mol. The van der Waals surface area contributed by atoms with E-state index in [1.165, 1.54) is 28.0 Å². The first-order valence-corrected chi connectivity index (χ1v) is 17.7. The third-order valence-corrected chi connectivity index (χ3v) is 10.0. The Hall–Kier alpha value is -5.85. The maximum absolute atomic E-state index is 14.4. The van der Waals surface area contributed by atoms with E-state index in [4.69, 9.17) is 5.73 Å². The lowest BCUT2D eigenvalue weighted by atomic mass is 10.0. The van der Waals surface area contributed by atoms with Gasteiger partial charge in [-0.15, -0.1) is 0 Å². The smallest absolute Gasteiger partial charge is 0.261 e. The molecule has 12 heteroatoms. The van der Waals surface area contributed by atoms with Crippen LogP contribution >= 0.6 is 0 Å². The van der Waals surface area contributed by atoms with Crippen LogP contribution in [0.5, 0.6) is 0 Å². The van der Waals surface area contributed by atoms with Gasteiger partial charge in [0.2, 0.25) is 17.7 Å². The summed E-state index contributed by atoms with van der Waals surface area (Å²) in [6, 6.07) is 33.1. The fourth-order valence-corrected chi connectivity index (χ4v) is 6.90. The van der Waals surface area contributed by atoms with E-state index in [1.54, 1.807) is 103 Å². The molecule has 1 aliphatic heterocycles. The predicted molar refractivity (Wildman–Crippen MR) is 194 cm³/mol. The fourth-order valence-electron chi connectivity index (χ4n) is 5.84. The van der Waals surface area contributed by atoms with E-state index in [0.29, 0.717) is 34.9 Å². The average Bonchev–Trinajstić information content (AvgIpc) is 3.21. The van der Waals surface area contributed by atoms with Crippen molar-refractivity contribution in [2.45, 2.75) is 37.9 Å². The van der Waals surface area contributed by atoms with E-state index in [1.807, 2.05) is 6.92 Å². The zero-order chi connectivity index (χ0) is 36.1. The summed E-state index contributed by atoms with van der Waals surface area (Å²) >= 11 is 0. The summed E-state index contributed by atoms with van der Waals surface area (Å²) in [5.74, 6) is -3.70. The molecule has 0 aliphatic carbocycles. The Bertz CT molecular complexity index is 2180. The molecule has 0 fully saturated rings. The molecule has 0 aromatic heterocycles. The maximum atomic E-state index is 14.4. The highest BCUT2D eigenvalue weighted by molar-refractivity contribution is 7.92. The number of nitrogens with two attached hydrogens (primary N) is 1. The molecule has 0 bridgehead atoms. The number of para-hydroxylation sites is 2. The van der Waals surface area contributed by atoms with Crippen molar-refractivity contribution >= 4 is 50.5 Å². The minimum Gasteiger partial charge on any atom is -0.352 e. The Balaban J connectivity index is 1.31. The zero-order valence-electron chi connectivity index (χ0n) is 27.8. The molecule has 3 amide bonds. The lowest BCUT2D eigenvalue weighted by molar-refractivity contribution is -0.136. The molecule has 51 heavy (non-hydrogen) atoms. The van der Waals surface area contributed by atoms with Crippen LogP contribution in [0.25, 0.3) is 0 Å². The summed E-state index contributed by atoms with van der Waals surface area (Å²) < 4.78 is 42.8. The van der Waals surface area contributed by atoms with E-state index in [2.05, 4.69) is 10.0 Å². The minimum atomic E-state index is -3.83. The molecular formula is C39H36FN5O5S. The van der Waals surface area contributed by atoms with Crippen LogP contribution in [0.1, 0.15) is 28.7 Å². The highest BCUT2D eigenvalue weighted by Crippen LogP contribution is 2.40. The van der Waals surface area contributed by atoms with Crippen LogP contribution in [0.3, 0.4) is 0 Å². The van der Waals surface area contributed by atoms with Crippen molar-refractivity contribution in [3.05, 3.63) is 149 Å². The van der Waals surface area contributed by atoms with E-state index in [-0.39, 0.29) is 23.5 Å². The summed E-state index contributed by atoms with van der Waals surface area (Å²) in [5, 5.41) is 2.65. The Morgan fingerprint density at radius 2 is 1.41 bits per heavy atom. The van der Waals surface area contributed by atoms with Gasteiger partial charge in [0.05, 0.1) is 22.8 Å². The number of sulfonamides is 1. The number of hydrogen-bond acceptors (Lipinski definition) is 6. The summed E-state index contributed by atoms with van der Waals surface area (Å²) in [4.78, 5) is 45.1. The van der Waals surface area contributed by atoms with Crippen molar-refractivity contribution in [1.29, 1.82) is 0 Å². The summed E-state index contributed by atoms with van der Waals surface area (Å²) in [5.41, 5.74) is 10.2. The molecule has 5 aromatic carbocycles. The summed E-state index contributed by atoms with van der Waals surface area (Å²) in [6.45, 7) is 2.07. The normalized spacial score (nSPS) is 14.5. The van der Waals surface area contributed by atoms with Gasteiger partial charge in [-0.1, -0.05) is 72.3 Å². The number of carbonyl (C=O) groups excluding carboxylic acids is 3. The quantitative estimate of drug-likeness (QED) is 0.146. The van der Waals surface area contributed by atoms with Gasteiger partial charge >= 0.3 is 0 Å². The van der Waals surface area contributed by atoms with E-state index in [9.17, 15) is 27.2 Å². The van der Waals surface area contributed by atoms with Crippen molar-refractivity contribution in [3.8, 4) is 0 Å². The first kappa shape index (κ1) is 35.0. The van der Waals surface area contributed by atoms with Gasteiger partial charge in [-0.2, -0.15) is 0 Å². The number of hydrogen-bond donors (Lipinski definition) is 3. The van der Waals surface area contributed by atoms with Gasteiger partial charge in [0, 0.05) is 36.4 Å². The molecule has 10 nitrogen and oxygen atoms in total. The van der Waals surface area contributed by atoms with Crippen molar-refractivity contribution in [1.82, 2.24) is 5.32 Å². The van der Waals surface area contributed by atoms with Gasteiger partial charge in [0.25, 0.3) is 10.0 Å². The van der Waals surface area contributed by atoms with Crippen molar-refractivity contribution in [3.63, 3.8) is 0 Å². The second kappa shape index (κ2) is 15.0.